The zero-order valence-electron chi connectivity index (χ0n) is 17.1. The van der Waals surface area contributed by atoms with Gasteiger partial charge in [-0.15, -0.1) is 0 Å². The number of urea groups is 1. The molecule has 2 aromatic carbocycles. The fraction of sp³-hybridized carbons (Fsp3) is 0.435. The van der Waals surface area contributed by atoms with Gasteiger partial charge in [-0.05, 0) is 36.3 Å². The second-order valence-corrected chi connectivity index (χ2v) is 7.25. The molecule has 3 rings (SSSR count). The van der Waals surface area contributed by atoms with E-state index in [1.807, 2.05) is 11.0 Å². The van der Waals surface area contributed by atoms with Gasteiger partial charge in [0.05, 0.1) is 0 Å². The average molecular weight is 381 g/mol. The highest BCUT2D eigenvalue weighted by atomic mass is 16.2. The van der Waals surface area contributed by atoms with Crippen LogP contribution >= 0.6 is 0 Å². The van der Waals surface area contributed by atoms with Gasteiger partial charge in [0, 0.05) is 45.0 Å². The largest absolute Gasteiger partial charge is 0.368 e. The van der Waals surface area contributed by atoms with E-state index in [-0.39, 0.29) is 6.03 Å². The minimum absolute atomic E-state index is 0.0277. The number of para-hydroxylation sites is 1. The van der Waals surface area contributed by atoms with Crippen LogP contribution in [0.2, 0.25) is 0 Å². The van der Waals surface area contributed by atoms with Crippen molar-refractivity contribution in [2.24, 2.45) is 0 Å². The molecule has 5 nitrogen and oxygen atoms in total. The number of piperazine rings is 1. The lowest BCUT2D eigenvalue weighted by Gasteiger charge is -2.36. The SMILES string of the molecule is CCN(CC)Cc1ccc(CNC(=O)N2CCN(c3ccccc3)CC2)cc1. The molecule has 0 bridgehead atoms. The molecule has 0 radical (unpaired) electrons. The first-order valence-electron chi connectivity index (χ1n) is 10.3. The maximum atomic E-state index is 12.5. The van der Waals surface area contributed by atoms with Crippen molar-refractivity contribution in [2.75, 3.05) is 44.2 Å². The normalized spacial score (nSPS) is 14.4. The van der Waals surface area contributed by atoms with Crippen molar-refractivity contribution in [3.8, 4) is 0 Å². The predicted molar refractivity (Wildman–Crippen MR) is 116 cm³/mol. The molecule has 1 aliphatic heterocycles. The van der Waals surface area contributed by atoms with Gasteiger partial charge in [-0.2, -0.15) is 0 Å². The van der Waals surface area contributed by atoms with Gasteiger partial charge >= 0.3 is 6.03 Å². The van der Waals surface area contributed by atoms with Gasteiger partial charge in [0.15, 0.2) is 0 Å². The number of hydrogen-bond acceptors (Lipinski definition) is 3. The Balaban J connectivity index is 1.43. The van der Waals surface area contributed by atoms with Gasteiger partial charge in [0.2, 0.25) is 0 Å². The smallest absolute Gasteiger partial charge is 0.317 e. The molecule has 2 amide bonds. The maximum absolute atomic E-state index is 12.5. The number of benzene rings is 2. The zero-order valence-corrected chi connectivity index (χ0v) is 17.1. The fourth-order valence-corrected chi connectivity index (χ4v) is 3.56. The molecule has 1 N–H and O–H groups in total. The number of nitrogens with zero attached hydrogens (tertiary/aromatic N) is 3. The molecule has 1 aliphatic rings. The van der Waals surface area contributed by atoms with Crippen LogP contribution in [-0.4, -0.2) is 55.1 Å². The molecule has 0 saturated carbocycles. The summed E-state index contributed by atoms with van der Waals surface area (Å²) in [6.07, 6.45) is 0. The van der Waals surface area contributed by atoms with Crippen LogP contribution in [0.1, 0.15) is 25.0 Å². The van der Waals surface area contributed by atoms with Gasteiger partial charge in [-0.1, -0.05) is 56.3 Å². The van der Waals surface area contributed by atoms with Crippen molar-refractivity contribution in [2.45, 2.75) is 26.9 Å². The molecule has 0 atom stereocenters. The molecule has 1 heterocycles. The summed E-state index contributed by atoms with van der Waals surface area (Å²) in [6.45, 7) is 11.3. The first-order valence-corrected chi connectivity index (χ1v) is 10.3. The van der Waals surface area contributed by atoms with Crippen LogP contribution in [0.4, 0.5) is 10.5 Å². The van der Waals surface area contributed by atoms with E-state index in [0.717, 1.165) is 51.4 Å². The average Bonchev–Trinajstić information content (AvgIpc) is 2.77. The third-order valence-corrected chi connectivity index (χ3v) is 5.46. The predicted octanol–water partition coefficient (Wildman–Crippen LogP) is 3.56. The zero-order chi connectivity index (χ0) is 19.8. The highest BCUT2D eigenvalue weighted by Crippen LogP contribution is 2.15. The van der Waals surface area contributed by atoms with E-state index in [2.05, 4.69) is 77.5 Å². The minimum atomic E-state index is 0.0277. The molecule has 5 heteroatoms. The van der Waals surface area contributed by atoms with E-state index >= 15 is 0 Å². The van der Waals surface area contributed by atoms with E-state index in [1.165, 1.54) is 11.3 Å². The summed E-state index contributed by atoms with van der Waals surface area (Å²) in [6, 6.07) is 19.0. The van der Waals surface area contributed by atoms with Gasteiger partial charge in [0.25, 0.3) is 0 Å². The number of nitrogens with one attached hydrogen (secondary N) is 1. The standard InChI is InChI=1S/C23H32N4O/c1-3-25(4-2)19-21-12-10-20(11-13-21)18-24-23(28)27-16-14-26(15-17-27)22-8-6-5-7-9-22/h5-13H,3-4,14-19H2,1-2H3,(H,24,28). The monoisotopic (exact) mass is 380 g/mol. The molecular formula is C23H32N4O. The van der Waals surface area contributed by atoms with Gasteiger partial charge in [-0.25, -0.2) is 4.79 Å². The fourth-order valence-electron chi connectivity index (χ4n) is 3.56. The molecule has 0 aliphatic carbocycles. The van der Waals surface area contributed by atoms with Crippen molar-refractivity contribution >= 4 is 11.7 Å². The van der Waals surface area contributed by atoms with E-state index < -0.39 is 0 Å². The lowest BCUT2D eigenvalue weighted by molar-refractivity contribution is 0.194. The molecule has 1 saturated heterocycles. The Morgan fingerprint density at radius 1 is 0.893 bits per heavy atom. The van der Waals surface area contributed by atoms with Crippen molar-refractivity contribution in [3.63, 3.8) is 0 Å². The van der Waals surface area contributed by atoms with Gasteiger partial charge < -0.3 is 15.1 Å². The van der Waals surface area contributed by atoms with Crippen LogP contribution in [0.3, 0.4) is 0 Å². The number of carbonyl (C=O) groups excluding carboxylic acids is 1. The van der Waals surface area contributed by atoms with Crippen LogP contribution in [0.25, 0.3) is 0 Å². The van der Waals surface area contributed by atoms with Gasteiger partial charge in [-0.3, -0.25) is 4.90 Å². The quantitative estimate of drug-likeness (QED) is 0.798. The Morgan fingerprint density at radius 2 is 1.50 bits per heavy atom. The van der Waals surface area contributed by atoms with Gasteiger partial charge in [0.1, 0.15) is 0 Å². The summed E-state index contributed by atoms with van der Waals surface area (Å²) in [5.41, 5.74) is 3.68. The lowest BCUT2D eigenvalue weighted by atomic mass is 10.1. The number of anilines is 1. The Hall–Kier alpha value is -2.53. The topological polar surface area (TPSA) is 38.8 Å². The number of hydrogen-bond donors (Lipinski definition) is 1. The van der Waals surface area contributed by atoms with Crippen molar-refractivity contribution in [1.82, 2.24) is 15.1 Å². The molecule has 0 spiro atoms. The number of amides is 2. The molecule has 28 heavy (non-hydrogen) atoms. The Bertz CT molecular complexity index is 720. The molecule has 150 valence electrons. The van der Waals surface area contributed by atoms with Crippen molar-refractivity contribution in [3.05, 3.63) is 65.7 Å². The Morgan fingerprint density at radius 3 is 2.11 bits per heavy atom. The minimum Gasteiger partial charge on any atom is -0.368 e. The van der Waals surface area contributed by atoms with E-state index in [1.54, 1.807) is 0 Å². The highest BCUT2D eigenvalue weighted by molar-refractivity contribution is 5.74. The Kier molecular flexibility index (Phi) is 7.31. The first kappa shape index (κ1) is 20.2. The maximum Gasteiger partial charge on any atom is 0.317 e. The van der Waals surface area contributed by atoms with Crippen LogP contribution in [0, 0.1) is 0 Å². The third-order valence-electron chi connectivity index (χ3n) is 5.46. The lowest BCUT2D eigenvalue weighted by Crippen LogP contribution is -2.51. The highest BCUT2D eigenvalue weighted by Gasteiger charge is 2.20. The molecular weight excluding hydrogens is 348 g/mol. The molecule has 0 unspecified atom stereocenters. The first-order chi connectivity index (χ1) is 13.7. The third kappa shape index (κ3) is 5.49. The van der Waals surface area contributed by atoms with Crippen LogP contribution in [0.15, 0.2) is 54.6 Å². The summed E-state index contributed by atoms with van der Waals surface area (Å²) in [5.74, 6) is 0. The second-order valence-electron chi connectivity index (χ2n) is 7.25. The van der Waals surface area contributed by atoms with Crippen LogP contribution < -0.4 is 10.2 Å². The summed E-state index contributed by atoms with van der Waals surface area (Å²) < 4.78 is 0. The van der Waals surface area contributed by atoms with E-state index in [9.17, 15) is 4.79 Å². The van der Waals surface area contributed by atoms with Crippen LogP contribution in [-0.2, 0) is 13.1 Å². The molecule has 1 fully saturated rings. The number of rotatable bonds is 7. The second kappa shape index (κ2) is 10.1. The summed E-state index contributed by atoms with van der Waals surface area (Å²) >= 11 is 0. The number of carbonyl (C=O) groups is 1. The van der Waals surface area contributed by atoms with Crippen LogP contribution in [0.5, 0.6) is 0 Å². The summed E-state index contributed by atoms with van der Waals surface area (Å²) in [5, 5.41) is 3.06. The van der Waals surface area contributed by atoms with E-state index in [4.69, 9.17) is 0 Å². The van der Waals surface area contributed by atoms with Crippen molar-refractivity contribution in [1.29, 1.82) is 0 Å². The molecule has 0 aromatic heterocycles. The molecule has 2 aromatic rings. The Labute approximate surface area is 168 Å². The van der Waals surface area contributed by atoms with E-state index in [0.29, 0.717) is 6.54 Å². The summed E-state index contributed by atoms with van der Waals surface area (Å²) in [7, 11) is 0. The van der Waals surface area contributed by atoms with Crippen molar-refractivity contribution < 1.29 is 4.79 Å². The summed E-state index contributed by atoms with van der Waals surface area (Å²) in [4.78, 5) is 19.1.